The van der Waals surface area contributed by atoms with Gasteiger partial charge in [0, 0.05) is 42.9 Å². The van der Waals surface area contributed by atoms with Crippen LogP contribution in [0.3, 0.4) is 0 Å². The third-order valence-electron chi connectivity index (χ3n) is 4.55. The van der Waals surface area contributed by atoms with E-state index >= 15 is 0 Å². The van der Waals surface area contributed by atoms with E-state index in [1.807, 2.05) is 53.4 Å². The molecule has 0 radical (unpaired) electrons. The minimum Gasteiger partial charge on any atom is -0.395 e. The fraction of sp³-hybridized carbons (Fsp3) is 0.350. The topological polar surface area (TPSA) is 64.6 Å². The van der Waals surface area contributed by atoms with Gasteiger partial charge in [-0.25, -0.2) is 0 Å². The summed E-state index contributed by atoms with van der Waals surface area (Å²) in [4.78, 5) is 14.3. The van der Waals surface area contributed by atoms with E-state index in [2.05, 4.69) is 10.6 Å². The number of aliphatic hydroxyl groups is 1. The van der Waals surface area contributed by atoms with E-state index in [-0.39, 0.29) is 18.6 Å². The molecule has 26 heavy (non-hydrogen) atoms. The second-order valence-electron chi connectivity index (χ2n) is 6.53. The summed E-state index contributed by atoms with van der Waals surface area (Å²) in [6, 6.07) is 15.7. The second kappa shape index (κ2) is 9.03. The number of nitrogens with zero attached hydrogens (tertiary/aromatic N) is 1. The van der Waals surface area contributed by atoms with Crippen molar-refractivity contribution in [3.8, 4) is 0 Å². The number of carbonyl (C=O) groups excluding carboxylic acids is 1. The monoisotopic (exact) mass is 373 g/mol. The van der Waals surface area contributed by atoms with Gasteiger partial charge in [0.1, 0.15) is 0 Å². The van der Waals surface area contributed by atoms with Crippen LogP contribution < -0.4 is 10.6 Å². The van der Waals surface area contributed by atoms with Crippen molar-refractivity contribution >= 4 is 23.2 Å². The Kier molecular flexibility index (Phi) is 6.50. The predicted molar refractivity (Wildman–Crippen MR) is 104 cm³/mol. The van der Waals surface area contributed by atoms with Crippen molar-refractivity contribution in [3.63, 3.8) is 0 Å². The molecule has 2 aromatic rings. The van der Waals surface area contributed by atoms with Crippen molar-refractivity contribution < 1.29 is 9.90 Å². The predicted octanol–water partition coefficient (Wildman–Crippen LogP) is 2.29. The number of aliphatic hydroxyl groups excluding tert-OH is 1. The summed E-state index contributed by atoms with van der Waals surface area (Å²) in [6.07, 6.45) is 0.385. The van der Waals surface area contributed by atoms with E-state index < -0.39 is 0 Å². The normalized spacial score (nSPS) is 17.2. The number of hydrogen-bond acceptors (Lipinski definition) is 4. The van der Waals surface area contributed by atoms with Crippen LogP contribution in [0.2, 0.25) is 5.02 Å². The molecular weight excluding hydrogens is 350 g/mol. The summed E-state index contributed by atoms with van der Waals surface area (Å²) >= 11 is 5.89. The maximum Gasteiger partial charge on any atom is 0.227 e. The van der Waals surface area contributed by atoms with Crippen LogP contribution in [-0.2, 0) is 17.8 Å². The SMILES string of the molecule is O=C(Cc1ccc(NCc2ccc(Cl)cc2)cc1)N1CCN[C@@H](CO)C1. The summed E-state index contributed by atoms with van der Waals surface area (Å²) < 4.78 is 0. The smallest absolute Gasteiger partial charge is 0.227 e. The first-order chi connectivity index (χ1) is 12.6. The van der Waals surface area contributed by atoms with Gasteiger partial charge in [0.25, 0.3) is 0 Å². The van der Waals surface area contributed by atoms with Gasteiger partial charge in [-0.15, -0.1) is 0 Å². The summed E-state index contributed by atoms with van der Waals surface area (Å²) in [5.41, 5.74) is 3.16. The Hall–Kier alpha value is -2.08. The lowest BCUT2D eigenvalue weighted by molar-refractivity contribution is -0.131. The number of amides is 1. The molecule has 3 rings (SSSR count). The van der Waals surface area contributed by atoms with Crippen molar-refractivity contribution in [2.24, 2.45) is 0 Å². The van der Waals surface area contributed by atoms with Gasteiger partial charge in [-0.3, -0.25) is 4.79 Å². The third kappa shape index (κ3) is 5.21. The van der Waals surface area contributed by atoms with E-state index in [0.717, 1.165) is 34.9 Å². The molecule has 2 aromatic carbocycles. The molecule has 1 fully saturated rings. The maximum absolute atomic E-state index is 12.4. The van der Waals surface area contributed by atoms with E-state index in [9.17, 15) is 9.90 Å². The molecule has 0 aliphatic carbocycles. The fourth-order valence-electron chi connectivity index (χ4n) is 3.01. The highest BCUT2D eigenvalue weighted by molar-refractivity contribution is 6.30. The number of nitrogens with one attached hydrogen (secondary N) is 2. The Morgan fingerprint density at radius 1 is 1.15 bits per heavy atom. The molecule has 0 unspecified atom stereocenters. The lowest BCUT2D eigenvalue weighted by Crippen LogP contribution is -2.54. The van der Waals surface area contributed by atoms with Crippen molar-refractivity contribution in [2.75, 3.05) is 31.6 Å². The fourth-order valence-corrected chi connectivity index (χ4v) is 3.13. The van der Waals surface area contributed by atoms with Crippen LogP contribution in [0.4, 0.5) is 5.69 Å². The lowest BCUT2D eigenvalue weighted by atomic mass is 10.1. The van der Waals surface area contributed by atoms with Crippen LogP contribution in [0.1, 0.15) is 11.1 Å². The molecular formula is C20H24ClN3O2. The highest BCUT2D eigenvalue weighted by Gasteiger charge is 2.22. The molecule has 0 bridgehead atoms. The van der Waals surface area contributed by atoms with Crippen molar-refractivity contribution in [3.05, 3.63) is 64.7 Å². The number of carbonyl (C=O) groups is 1. The van der Waals surface area contributed by atoms with Crippen LogP contribution in [-0.4, -0.2) is 48.2 Å². The maximum atomic E-state index is 12.4. The lowest BCUT2D eigenvalue weighted by Gasteiger charge is -2.32. The zero-order valence-electron chi connectivity index (χ0n) is 14.6. The molecule has 1 heterocycles. The molecule has 3 N–H and O–H groups in total. The van der Waals surface area contributed by atoms with Crippen LogP contribution in [0.5, 0.6) is 0 Å². The molecule has 5 nitrogen and oxygen atoms in total. The molecule has 6 heteroatoms. The van der Waals surface area contributed by atoms with Gasteiger partial charge in [0.2, 0.25) is 5.91 Å². The molecule has 1 aliphatic rings. The third-order valence-corrected chi connectivity index (χ3v) is 4.80. The first kappa shape index (κ1) is 18.7. The standard InChI is InChI=1S/C20H24ClN3O2/c21-17-5-1-16(2-6-17)12-23-18-7-3-15(4-8-18)11-20(26)24-10-9-22-19(13-24)14-25/h1-8,19,22-23,25H,9-14H2/t19-/m1/s1. The van der Waals surface area contributed by atoms with Crippen molar-refractivity contribution in [2.45, 2.75) is 19.0 Å². The van der Waals surface area contributed by atoms with Gasteiger partial charge in [-0.2, -0.15) is 0 Å². The minimum atomic E-state index is -0.0212. The number of benzene rings is 2. The number of anilines is 1. The highest BCUT2D eigenvalue weighted by Crippen LogP contribution is 2.14. The molecule has 1 saturated heterocycles. The van der Waals surface area contributed by atoms with E-state index in [0.29, 0.717) is 19.5 Å². The molecule has 1 amide bonds. The number of rotatable bonds is 6. The van der Waals surface area contributed by atoms with Crippen molar-refractivity contribution in [1.29, 1.82) is 0 Å². The Labute approximate surface area is 159 Å². The minimum absolute atomic E-state index is 0.0212. The Morgan fingerprint density at radius 2 is 1.85 bits per heavy atom. The van der Waals surface area contributed by atoms with Gasteiger partial charge in [0.05, 0.1) is 13.0 Å². The molecule has 138 valence electrons. The van der Waals surface area contributed by atoms with Gasteiger partial charge in [-0.1, -0.05) is 35.9 Å². The van der Waals surface area contributed by atoms with Crippen LogP contribution >= 0.6 is 11.6 Å². The van der Waals surface area contributed by atoms with Gasteiger partial charge >= 0.3 is 0 Å². The zero-order valence-corrected chi connectivity index (χ0v) is 15.4. The van der Waals surface area contributed by atoms with Crippen molar-refractivity contribution in [1.82, 2.24) is 10.2 Å². The number of halogens is 1. The first-order valence-corrected chi connectivity index (χ1v) is 9.21. The molecule has 1 aliphatic heterocycles. The average Bonchev–Trinajstić information content (AvgIpc) is 2.68. The average molecular weight is 374 g/mol. The first-order valence-electron chi connectivity index (χ1n) is 8.83. The Bertz CT molecular complexity index is 719. The van der Waals surface area contributed by atoms with E-state index in [1.54, 1.807) is 0 Å². The summed E-state index contributed by atoms with van der Waals surface area (Å²) in [7, 11) is 0. The van der Waals surface area contributed by atoms with Gasteiger partial charge in [0.15, 0.2) is 0 Å². The van der Waals surface area contributed by atoms with Crippen LogP contribution in [0.25, 0.3) is 0 Å². The summed E-state index contributed by atoms with van der Waals surface area (Å²) in [6.45, 7) is 2.76. The van der Waals surface area contributed by atoms with Crippen LogP contribution in [0.15, 0.2) is 48.5 Å². The zero-order chi connectivity index (χ0) is 18.4. The Balaban J connectivity index is 1.50. The summed E-state index contributed by atoms with van der Waals surface area (Å²) in [5.74, 6) is 0.104. The second-order valence-corrected chi connectivity index (χ2v) is 6.96. The number of hydrogen-bond donors (Lipinski definition) is 3. The van der Waals surface area contributed by atoms with E-state index in [1.165, 1.54) is 0 Å². The van der Waals surface area contributed by atoms with Crippen LogP contribution in [0, 0.1) is 0 Å². The highest BCUT2D eigenvalue weighted by atomic mass is 35.5. The molecule has 0 aromatic heterocycles. The van der Waals surface area contributed by atoms with Gasteiger partial charge < -0.3 is 20.6 Å². The number of piperazine rings is 1. The van der Waals surface area contributed by atoms with E-state index in [4.69, 9.17) is 11.6 Å². The summed E-state index contributed by atoms with van der Waals surface area (Å²) in [5, 5.41) is 16.5. The largest absolute Gasteiger partial charge is 0.395 e. The Morgan fingerprint density at radius 3 is 2.54 bits per heavy atom. The molecule has 0 saturated carbocycles. The molecule has 1 atom stereocenters. The van der Waals surface area contributed by atoms with Gasteiger partial charge in [-0.05, 0) is 35.4 Å². The molecule has 0 spiro atoms. The quantitative estimate of drug-likeness (QED) is 0.727.